The summed E-state index contributed by atoms with van der Waals surface area (Å²) in [5.74, 6) is 0. The molecular formula is C5H12N2O2. The van der Waals surface area contributed by atoms with Gasteiger partial charge in [-0.15, -0.1) is 0 Å². The molecular weight excluding hydrogens is 120 g/mol. The van der Waals surface area contributed by atoms with Crippen molar-refractivity contribution in [1.82, 2.24) is 5.32 Å². The van der Waals surface area contributed by atoms with Gasteiger partial charge in [-0.05, 0) is 13.3 Å². The second kappa shape index (κ2) is 4.14. The zero-order valence-electron chi connectivity index (χ0n) is 5.42. The average Bonchev–Trinajstić information content (AvgIpc) is 1.63. The van der Waals surface area contributed by atoms with Crippen molar-refractivity contribution in [3.05, 3.63) is 0 Å². The fourth-order valence-corrected chi connectivity index (χ4v) is 0.407. The van der Waals surface area contributed by atoms with Gasteiger partial charge in [0.05, 0.1) is 0 Å². The van der Waals surface area contributed by atoms with Crippen LogP contribution in [0.5, 0.6) is 0 Å². The van der Waals surface area contributed by atoms with Crippen LogP contribution in [0.15, 0.2) is 0 Å². The number of rotatable bonds is 3. The van der Waals surface area contributed by atoms with Crippen LogP contribution in [0.3, 0.4) is 0 Å². The van der Waals surface area contributed by atoms with Crippen LogP contribution in [0.4, 0.5) is 4.79 Å². The van der Waals surface area contributed by atoms with Crippen LogP contribution >= 0.6 is 0 Å². The number of hydrogen-bond acceptors (Lipinski definition) is 2. The van der Waals surface area contributed by atoms with Crippen LogP contribution < -0.4 is 11.1 Å². The lowest BCUT2D eigenvalue weighted by Gasteiger charge is -2.02. The first kappa shape index (κ1) is 8.23. The van der Waals surface area contributed by atoms with Crippen molar-refractivity contribution >= 4 is 6.09 Å². The Labute approximate surface area is 54.0 Å². The standard InChI is InChI=1S/C5H12N2O2/c1-4(6)2-3-7-5(8)9/h4,7H,2-3,6H2,1H3,(H,8,9). The average molecular weight is 132 g/mol. The van der Waals surface area contributed by atoms with E-state index in [9.17, 15) is 4.79 Å². The van der Waals surface area contributed by atoms with Crippen LogP contribution in [0, 0.1) is 0 Å². The summed E-state index contributed by atoms with van der Waals surface area (Å²) in [6.07, 6.45) is -0.303. The van der Waals surface area contributed by atoms with E-state index < -0.39 is 6.09 Å². The van der Waals surface area contributed by atoms with Crippen LogP contribution in [0.2, 0.25) is 0 Å². The minimum Gasteiger partial charge on any atom is -0.465 e. The molecule has 0 saturated heterocycles. The molecule has 4 heteroatoms. The van der Waals surface area contributed by atoms with E-state index in [-0.39, 0.29) is 6.04 Å². The summed E-state index contributed by atoms with van der Waals surface area (Å²) in [7, 11) is 0. The monoisotopic (exact) mass is 132 g/mol. The molecule has 0 rings (SSSR count). The highest BCUT2D eigenvalue weighted by Gasteiger charge is 1.95. The number of carboxylic acid groups (broad SMARTS) is 1. The molecule has 0 aromatic heterocycles. The van der Waals surface area contributed by atoms with E-state index in [4.69, 9.17) is 10.8 Å². The van der Waals surface area contributed by atoms with Crippen molar-refractivity contribution in [3.8, 4) is 0 Å². The maximum atomic E-state index is 9.83. The molecule has 4 N–H and O–H groups in total. The SMILES string of the molecule is CC(N)CCNC(=O)O. The molecule has 9 heavy (non-hydrogen) atoms. The Morgan fingerprint density at radius 2 is 2.44 bits per heavy atom. The molecule has 1 unspecified atom stereocenters. The van der Waals surface area contributed by atoms with E-state index in [1.165, 1.54) is 0 Å². The van der Waals surface area contributed by atoms with Gasteiger partial charge in [-0.1, -0.05) is 0 Å². The first-order chi connectivity index (χ1) is 4.13. The number of carbonyl (C=O) groups is 1. The van der Waals surface area contributed by atoms with Crippen molar-refractivity contribution in [2.75, 3.05) is 6.54 Å². The largest absolute Gasteiger partial charge is 0.465 e. The minimum absolute atomic E-state index is 0.0665. The molecule has 0 heterocycles. The van der Waals surface area contributed by atoms with Gasteiger partial charge < -0.3 is 16.2 Å². The van der Waals surface area contributed by atoms with Gasteiger partial charge in [-0.3, -0.25) is 0 Å². The zero-order chi connectivity index (χ0) is 7.28. The van der Waals surface area contributed by atoms with E-state index >= 15 is 0 Å². The Kier molecular flexibility index (Phi) is 3.79. The van der Waals surface area contributed by atoms with E-state index in [0.29, 0.717) is 13.0 Å². The number of nitrogens with two attached hydrogens (primary N) is 1. The topological polar surface area (TPSA) is 75.3 Å². The van der Waals surface area contributed by atoms with Gasteiger partial charge in [0, 0.05) is 12.6 Å². The number of nitrogens with one attached hydrogen (secondary N) is 1. The molecule has 0 bridgehead atoms. The summed E-state index contributed by atoms with van der Waals surface area (Å²) in [4.78, 5) is 9.83. The van der Waals surface area contributed by atoms with E-state index in [2.05, 4.69) is 5.32 Å². The molecule has 0 aromatic rings. The lowest BCUT2D eigenvalue weighted by Crippen LogP contribution is -2.27. The smallest absolute Gasteiger partial charge is 0.404 e. The van der Waals surface area contributed by atoms with Crippen LogP contribution in [0.25, 0.3) is 0 Å². The molecule has 0 radical (unpaired) electrons. The molecule has 0 spiro atoms. The highest BCUT2D eigenvalue weighted by Crippen LogP contribution is 1.81. The fraction of sp³-hybridized carbons (Fsp3) is 0.800. The van der Waals surface area contributed by atoms with E-state index in [0.717, 1.165) is 0 Å². The maximum absolute atomic E-state index is 9.83. The van der Waals surface area contributed by atoms with Gasteiger partial charge >= 0.3 is 6.09 Å². The summed E-state index contributed by atoms with van der Waals surface area (Å²) in [6.45, 7) is 2.27. The Balaban J connectivity index is 3.01. The molecule has 0 aliphatic carbocycles. The Morgan fingerprint density at radius 1 is 1.89 bits per heavy atom. The molecule has 0 aromatic carbocycles. The summed E-state index contributed by atoms with van der Waals surface area (Å²) in [5.41, 5.74) is 5.35. The second-order valence-corrected chi connectivity index (χ2v) is 2.00. The molecule has 1 amide bonds. The van der Waals surface area contributed by atoms with Gasteiger partial charge in [-0.2, -0.15) is 0 Å². The third-order valence-electron chi connectivity index (χ3n) is 0.876. The first-order valence-corrected chi connectivity index (χ1v) is 2.85. The van der Waals surface area contributed by atoms with Crippen molar-refractivity contribution in [3.63, 3.8) is 0 Å². The Bertz CT molecular complexity index is 93.0. The van der Waals surface area contributed by atoms with Crippen molar-refractivity contribution < 1.29 is 9.90 Å². The van der Waals surface area contributed by atoms with Gasteiger partial charge in [0.1, 0.15) is 0 Å². The number of hydrogen-bond donors (Lipinski definition) is 3. The first-order valence-electron chi connectivity index (χ1n) is 2.85. The fourth-order valence-electron chi connectivity index (χ4n) is 0.407. The summed E-state index contributed by atoms with van der Waals surface area (Å²) in [6, 6.07) is 0.0665. The van der Waals surface area contributed by atoms with Crippen molar-refractivity contribution in [1.29, 1.82) is 0 Å². The third-order valence-corrected chi connectivity index (χ3v) is 0.876. The lowest BCUT2D eigenvalue weighted by atomic mass is 10.2. The van der Waals surface area contributed by atoms with Crippen molar-refractivity contribution in [2.45, 2.75) is 19.4 Å². The van der Waals surface area contributed by atoms with Gasteiger partial charge in [0.2, 0.25) is 0 Å². The summed E-state index contributed by atoms with van der Waals surface area (Å²) >= 11 is 0. The maximum Gasteiger partial charge on any atom is 0.404 e. The van der Waals surface area contributed by atoms with Crippen LogP contribution in [-0.4, -0.2) is 23.8 Å². The minimum atomic E-state index is -0.990. The Hall–Kier alpha value is -0.770. The van der Waals surface area contributed by atoms with Crippen molar-refractivity contribution in [2.24, 2.45) is 5.73 Å². The molecule has 1 atom stereocenters. The van der Waals surface area contributed by atoms with Crippen LogP contribution in [0.1, 0.15) is 13.3 Å². The summed E-state index contributed by atoms with van der Waals surface area (Å²) in [5, 5.41) is 10.3. The predicted octanol–water partition coefficient (Wildman–Crippen LogP) is -0.00870. The quantitative estimate of drug-likeness (QED) is 0.505. The third kappa shape index (κ3) is 7.23. The zero-order valence-corrected chi connectivity index (χ0v) is 5.42. The highest BCUT2D eigenvalue weighted by molar-refractivity contribution is 5.64. The molecule has 0 aliphatic rings. The molecule has 54 valence electrons. The van der Waals surface area contributed by atoms with E-state index in [1.807, 2.05) is 6.92 Å². The molecule has 4 nitrogen and oxygen atoms in total. The van der Waals surface area contributed by atoms with Gasteiger partial charge in [0.25, 0.3) is 0 Å². The predicted molar refractivity (Wildman–Crippen MR) is 34.3 cm³/mol. The van der Waals surface area contributed by atoms with Gasteiger partial charge in [0.15, 0.2) is 0 Å². The van der Waals surface area contributed by atoms with Gasteiger partial charge in [-0.25, -0.2) is 4.79 Å². The lowest BCUT2D eigenvalue weighted by molar-refractivity contribution is 0.194. The highest BCUT2D eigenvalue weighted by atomic mass is 16.4. The summed E-state index contributed by atoms with van der Waals surface area (Å²) < 4.78 is 0. The Morgan fingerprint density at radius 3 is 2.78 bits per heavy atom. The second-order valence-electron chi connectivity index (χ2n) is 2.00. The number of amides is 1. The molecule has 0 fully saturated rings. The van der Waals surface area contributed by atoms with Crippen LogP contribution in [-0.2, 0) is 0 Å². The normalized spacial score (nSPS) is 12.7. The molecule has 0 saturated carbocycles. The van der Waals surface area contributed by atoms with E-state index in [1.54, 1.807) is 0 Å². The molecule has 0 aliphatic heterocycles.